The lowest BCUT2D eigenvalue weighted by Crippen LogP contribution is -2.20. The highest BCUT2D eigenvalue weighted by molar-refractivity contribution is 9.10. The lowest BCUT2D eigenvalue weighted by Gasteiger charge is -2.15. The van der Waals surface area contributed by atoms with Crippen LogP contribution in [0.2, 0.25) is 0 Å². The van der Waals surface area contributed by atoms with Crippen molar-refractivity contribution in [2.75, 3.05) is 7.05 Å². The van der Waals surface area contributed by atoms with E-state index in [0.29, 0.717) is 0 Å². The molecule has 0 saturated carbocycles. The Kier molecular flexibility index (Phi) is 3.74. The molecule has 0 bridgehead atoms. The van der Waals surface area contributed by atoms with Gasteiger partial charge in [-0.05, 0) is 53.2 Å². The second kappa shape index (κ2) is 5.27. The van der Waals surface area contributed by atoms with Crippen molar-refractivity contribution in [2.24, 2.45) is 0 Å². The highest BCUT2D eigenvalue weighted by Gasteiger charge is 2.14. The van der Waals surface area contributed by atoms with Gasteiger partial charge in [0.1, 0.15) is 0 Å². The van der Waals surface area contributed by atoms with E-state index < -0.39 is 0 Å². The van der Waals surface area contributed by atoms with Gasteiger partial charge in [-0.2, -0.15) is 0 Å². The Bertz CT molecular complexity index is 442. The zero-order chi connectivity index (χ0) is 11.4. The highest BCUT2D eigenvalue weighted by Crippen LogP contribution is 2.23. The van der Waals surface area contributed by atoms with Crippen LogP contribution in [0.25, 0.3) is 0 Å². The number of rotatable bonds is 4. The number of nitrogens with zero attached hydrogens (tertiary/aromatic N) is 1. The summed E-state index contributed by atoms with van der Waals surface area (Å²) < 4.78 is 6.09. The molecule has 2 heterocycles. The minimum atomic E-state index is 0.188. The van der Waals surface area contributed by atoms with Crippen LogP contribution in [0.3, 0.4) is 0 Å². The molecule has 3 nitrogen and oxygen atoms in total. The van der Waals surface area contributed by atoms with Gasteiger partial charge in [-0.25, -0.2) is 0 Å². The van der Waals surface area contributed by atoms with Crippen LogP contribution in [0.5, 0.6) is 0 Å². The van der Waals surface area contributed by atoms with Crippen molar-refractivity contribution in [3.63, 3.8) is 0 Å². The second-order valence-electron chi connectivity index (χ2n) is 3.55. The number of halogens is 1. The van der Waals surface area contributed by atoms with Gasteiger partial charge in [0.2, 0.25) is 0 Å². The Morgan fingerprint density at radius 3 is 3.00 bits per heavy atom. The van der Waals surface area contributed by atoms with Gasteiger partial charge < -0.3 is 9.73 Å². The summed E-state index contributed by atoms with van der Waals surface area (Å²) in [6.07, 6.45) is 6.12. The van der Waals surface area contributed by atoms with Gasteiger partial charge in [-0.1, -0.05) is 0 Å². The standard InChI is InChI=1S/C12H13BrN2O/c1-14-11(7-9-4-6-16-8-9)12-10(13)3-2-5-15-12/h2-6,8,11,14H,7H2,1H3. The van der Waals surface area contributed by atoms with E-state index in [2.05, 4.69) is 26.2 Å². The predicted octanol–water partition coefficient (Wildman–Crippen LogP) is 2.94. The molecule has 0 aromatic carbocycles. The van der Waals surface area contributed by atoms with E-state index in [4.69, 9.17) is 4.42 Å². The van der Waals surface area contributed by atoms with Crippen LogP contribution in [0.4, 0.5) is 0 Å². The molecule has 0 saturated heterocycles. The maximum absolute atomic E-state index is 5.07. The fourth-order valence-corrected chi connectivity index (χ4v) is 2.17. The molecule has 16 heavy (non-hydrogen) atoms. The molecule has 0 spiro atoms. The largest absolute Gasteiger partial charge is 0.472 e. The third kappa shape index (κ3) is 2.51. The van der Waals surface area contributed by atoms with Crippen LogP contribution in [0, 0.1) is 0 Å². The molecule has 84 valence electrons. The average Bonchev–Trinajstić information content (AvgIpc) is 2.80. The quantitative estimate of drug-likeness (QED) is 0.936. The minimum absolute atomic E-state index is 0.188. The van der Waals surface area contributed by atoms with E-state index in [1.54, 1.807) is 18.7 Å². The number of hydrogen-bond donors (Lipinski definition) is 1. The Morgan fingerprint density at radius 2 is 2.38 bits per heavy atom. The first kappa shape index (κ1) is 11.4. The summed E-state index contributed by atoms with van der Waals surface area (Å²) in [4.78, 5) is 4.39. The number of hydrogen-bond acceptors (Lipinski definition) is 3. The number of aromatic nitrogens is 1. The van der Waals surface area contributed by atoms with Crippen molar-refractivity contribution in [2.45, 2.75) is 12.5 Å². The van der Waals surface area contributed by atoms with Crippen molar-refractivity contribution >= 4 is 15.9 Å². The molecule has 0 aliphatic rings. The second-order valence-corrected chi connectivity index (χ2v) is 4.40. The summed E-state index contributed by atoms with van der Waals surface area (Å²) in [5, 5.41) is 3.26. The van der Waals surface area contributed by atoms with Crippen LogP contribution in [-0.2, 0) is 6.42 Å². The summed E-state index contributed by atoms with van der Waals surface area (Å²) in [6.45, 7) is 0. The zero-order valence-corrected chi connectivity index (χ0v) is 10.6. The molecule has 0 amide bonds. The highest BCUT2D eigenvalue weighted by atomic mass is 79.9. The van der Waals surface area contributed by atoms with Crippen molar-refractivity contribution in [3.05, 3.63) is 52.7 Å². The summed E-state index contributed by atoms with van der Waals surface area (Å²) in [5.74, 6) is 0. The van der Waals surface area contributed by atoms with E-state index in [0.717, 1.165) is 22.2 Å². The van der Waals surface area contributed by atoms with E-state index in [9.17, 15) is 0 Å². The van der Waals surface area contributed by atoms with Gasteiger partial charge in [0, 0.05) is 10.7 Å². The number of furan rings is 1. The monoisotopic (exact) mass is 280 g/mol. The molecule has 0 fully saturated rings. The zero-order valence-electron chi connectivity index (χ0n) is 8.98. The molecule has 4 heteroatoms. The van der Waals surface area contributed by atoms with E-state index in [1.165, 1.54) is 0 Å². The van der Waals surface area contributed by atoms with Crippen molar-refractivity contribution in [1.82, 2.24) is 10.3 Å². The summed E-state index contributed by atoms with van der Waals surface area (Å²) in [6, 6.07) is 6.08. The fraction of sp³-hybridized carbons (Fsp3) is 0.250. The van der Waals surface area contributed by atoms with Crippen LogP contribution in [0.1, 0.15) is 17.3 Å². The Hall–Kier alpha value is -1.13. The van der Waals surface area contributed by atoms with E-state index >= 15 is 0 Å². The summed E-state index contributed by atoms with van der Waals surface area (Å²) >= 11 is 3.52. The van der Waals surface area contributed by atoms with Crippen LogP contribution < -0.4 is 5.32 Å². The number of nitrogens with one attached hydrogen (secondary N) is 1. The van der Waals surface area contributed by atoms with Crippen molar-refractivity contribution in [1.29, 1.82) is 0 Å². The molecule has 0 aliphatic carbocycles. The smallest absolute Gasteiger partial charge is 0.0935 e. The summed E-state index contributed by atoms with van der Waals surface area (Å²) in [7, 11) is 1.94. The van der Waals surface area contributed by atoms with Gasteiger partial charge in [0.15, 0.2) is 0 Å². The summed E-state index contributed by atoms with van der Waals surface area (Å²) in [5.41, 5.74) is 2.18. The SMILES string of the molecule is CNC(Cc1ccoc1)c1ncccc1Br. The van der Waals surface area contributed by atoms with Gasteiger partial charge in [0.25, 0.3) is 0 Å². The molecule has 2 aromatic rings. The maximum Gasteiger partial charge on any atom is 0.0935 e. The molecule has 2 rings (SSSR count). The minimum Gasteiger partial charge on any atom is -0.472 e. The fourth-order valence-electron chi connectivity index (χ4n) is 1.63. The first-order chi connectivity index (χ1) is 7.81. The van der Waals surface area contributed by atoms with Crippen molar-refractivity contribution < 1.29 is 4.42 Å². The van der Waals surface area contributed by atoms with E-state index in [-0.39, 0.29) is 6.04 Å². The Labute approximate surface area is 103 Å². The molecule has 1 atom stereocenters. The first-order valence-electron chi connectivity index (χ1n) is 5.10. The van der Waals surface area contributed by atoms with Gasteiger partial charge in [-0.3, -0.25) is 4.98 Å². The third-order valence-corrected chi connectivity index (χ3v) is 3.16. The van der Waals surface area contributed by atoms with Gasteiger partial charge >= 0.3 is 0 Å². The topological polar surface area (TPSA) is 38.1 Å². The normalized spacial score (nSPS) is 12.6. The molecule has 1 N–H and O–H groups in total. The van der Waals surface area contributed by atoms with Crippen LogP contribution in [0.15, 0.2) is 45.8 Å². The number of likely N-dealkylation sites (N-methyl/N-ethyl adjacent to an activating group) is 1. The Balaban J connectivity index is 2.20. The van der Waals surface area contributed by atoms with Gasteiger partial charge in [-0.15, -0.1) is 0 Å². The Morgan fingerprint density at radius 1 is 1.50 bits per heavy atom. The molecule has 1 unspecified atom stereocenters. The molecular formula is C12H13BrN2O. The van der Waals surface area contributed by atoms with Crippen molar-refractivity contribution in [3.8, 4) is 0 Å². The maximum atomic E-state index is 5.07. The van der Waals surface area contributed by atoms with Crippen LogP contribution in [-0.4, -0.2) is 12.0 Å². The third-order valence-electron chi connectivity index (χ3n) is 2.49. The lowest BCUT2D eigenvalue weighted by atomic mass is 10.1. The molecule has 0 aliphatic heterocycles. The molecule has 2 aromatic heterocycles. The first-order valence-corrected chi connectivity index (χ1v) is 5.89. The van der Waals surface area contributed by atoms with Crippen LogP contribution >= 0.6 is 15.9 Å². The van der Waals surface area contributed by atoms with E-state index in [1.807, 2.05) is 25.2 Å². The number of pyridine rings is 1. The lowest BCUT2D eigenvalue weighted by molar-refractivity contribution is 0.546. The predicted molar refractivity (Wildman–Crippen MR) is 66.1 cm³/mol. The molecule has 0 radical (unpaired) electrons. The van der Waals surface area contributed by atoms with Gasteiger partial charge in [0.05, 0.1) is 24.3 Å². The molecular weight excluding hydrogens is 268 g/mol. The average molecular weight is 281 g/mol.